The van der Waals surface area contributed by atoms with Gasteiger partial charge >= 0.3 is 6.03 Å². The summed E-state index contributed by atoms with van der Waals surface area (Å²) in [5, 5.41) is 10.5. The van der Waals surface area contributed by atoms with Crippen molar-refractivity contribution >= 4 is 29.0 Å². The zero-order valence-corrected chi connectivity index (χ0v) is 15.0. The van der Waals surface area contributed by atoms with Crippen molar-refractivity contribution in [1.82, 2.24) is 14.3 Å². The average molecular weight is 378 g/mol. The topological polar surface area (TPSA) is 63.9 Å². The number of nitrogens with one attached hydrogen (secondary N) is 2. The van der Waals surface area contributed by atoms with Crippen LogP contribution in [0.5, 0.6) is 0 Å². The van der Waals surface area contributed by atoms with E-state index >= 15 is 0 Å². The molecule has 7 heteroatoms. The predicted molar refractivity (Wildman–Crippen MR) is 107 cm³/mol. The van der Waals surface area contributed by atoms with Gasteiger partial charge in [0.05, 0.1) is 22.6 Å². The molecule has 0 radical (unpaired) electrons. The molecule has 2 aromatic carbocycles. The van der Waals surface area contributed by atoms with Crippen molar-refractivity contribution in [3.8, 4) is 11.5 Å². The largest absolute Gasteiger partial charge is 0.323 e. The maximum Gasteiger partial charge on any atom is 0.323 e. The summed E-state index contributed by atoms with van der Waals surface area (Å²) >= 11 is 6.10. The molecule has 0 saturated heterocycles. The molecule has 0 bridgehead atoms. The zero-order valence-electron chi connectivity index (χ0n) is 14.2. The lowest BCUT2D eigenvalue weighted by molar-refractivity contribution is 0.262. The maximum absolute atomic E-state index is 12.5. The van der Waals surface area contributed by atoms with Crippen LogP contribution in [-0.2, 0) is 0 Å². The highest BCUT2D eigenvalue weighted by molar-refractivity contribution is 6.33. The minimum atomic E-state index is -0.399. The van der Waals surface area contributed by atoms with Gasteiger partial charge in [0.25, 0.3) is 0 Å². The number of anilines is 2. The number of carbonyl (C=O) groups excluding carboxylic acids is 1. The number of rotatable bonds is 4. The number of benzene rings is 2. The highest BCUT2D eigenvalue weighted by Gasteiger charge is 2.16. The van der Waals surface area contributed by atoms with Crippen molar-refractivity contribution in [2.24, 2.45) is 0 Å². The van der Waals surface area contributed by atoms with Crippen molar-refractivity contribution < 1.29 is 4.79 Å². The molecule has 0 spiro atoms. The molecule has 2 N–H and O–H groups in total. The van der Waals surface area contributed by atoms with Gasteiger partial charge in [0.15, 0.2) is 5.82 Å². The number of para-hydroxylation sites is 2. The number of halogens is 1. The van der Waals surface area contributed by atoms with Crippen LogP contribution in [0.2, 0.25) is 5.02 Å². The first-order valence-electron chi connectivity index (χ1n) is 8.32. The third-order valence-corrected chi connectivity index (χ3v) is 4.29. The molecule has 4 rings (SSSR count). The molecule has 0 aliphatic carbocycles. The zero-order chi connectivity index (χ0) is 18.6. The molecule has 0 atom stereocenters. The predicted octanol–water partition coefficient (Wildman–Crippen LogP) is 4.96. The summed E-state index contributed by atoms with van der Waals surface area (Å²) in [6.07, 6.45) is 5.41. The van der Waals surface area contributed by atoms with E-state index in [-0.39, 0.29) is 0 Å². The van der Waals surface area contributed by atoms with Crippen molar-refractivity contribution in [3.05, 3.63) is 90.3 Å². The van der Waals surface area contributed by atoms with Crippen LogP contribution in [0, 0.1) is 0 Å². The van der Waals surface area contributed by atoms with Crippen molar-refractivity contribution in [3.63, 3.8) is 0 Å². The van der Waals surface area contributed by atoms with Crippen molar-refractivity contribution in [2.45, 2.75) is 0 Å². The van der Waals surface area contributed by atoms with Gasteiger partial charge in [-0.2, -0.15) is 5.10 Å². The first-order valence-corrected chi connectivity index (χ1v) is 8.69. The lowest BCUT2D eigenvalue weighted by Gasteiger charge is -2.12. The van der Waals surface area contributed by atoms with E-state index in [2.05, 4.69) is 15.7 Å². The van der Waals surface area contributed by atoms with Crippen molar-refractivity contribution in [1.29, 1.82) is 0 Å². The molecule has 0 aliphatic rings. The number of hydrogen-bond donors (Lipinski definition) is 2. The summed E-state index contributed by atoms with van der Waals surface area (Å²) in [6, 6.07) is 20.2. The Bertz CT molecular complexity index is 1060. The molecule has 27 heavy (non-hydrogen) atoms. The van der Waals surface area contributed by atoms with E-state index in [0.29, 0.717) is 16.4 Å². The van der Waals surface area contributed by atoms with E-state index in [4.69, 9.17) is 11.6 Å². The summed E-state index contributed by atoms with van der Waals surface area (Å²) < 4.78 is 3.66. The number of amides is 2. The molecule has 134 valence electrons. The van der Waals surface area contributed by atoms with E-state index in [0.717, 1.165) is 11.5 Å². The second-order valence-corrected chi connectivity index (χ2v) is 6.19. The van der Waals surface area contributed by atoms with Crippen LogP contribution in [0.1, 0.15) is 0 Å². The Kier molecular flexibility index (Phi) is 4.63. The van der Waals surface area contributed by atoms with Crippen LogP contribution >= 0.6 is 11.6 Å². The van der Waals surface area contributed by atoms with E-state index in [1.54, 1.807) is 35.1 Å². The first-order chi connectivity index (χ1) is 13.2. The minimum Gasteiger partial charge on any atom is -0.307 e. The highest BCUT2D eigenvalue weighted by atomic mass is 35.5. The Balaban J connectivity index is 1.66. The molecule has 0 aliphatic heterocycles. The molecule has 0 fully saturated rings. The van der Waals surface area contributed by atoms with Gasteiger partial charge in [-0.15, -0.1) is 0 Å². The van der Waals surface area contributed by atoms with Gasteiger partial charge in [0.2, 0.25) is 0 Å². The number of nitrogens with zero attached hydrogens (tertiary/aromatic N) is 3. The summed E-state index contributed by atoms with van der Waals surface area (Å²) in [5.41, 5.74) is 2.00. The van der Waals surface area contributed by atoms with Crippen LogP contribution in [0.3, 0.4) is 0 Å². The molecule has 6 nitrogen and oxygen atoms in total. The first kappa shape index (κ1) is 16.9. The number of urea groups is 1. The summed E-state index contributed by atoms with van der Waals surface area (Å²) in [4.78, 5) is 12.5. The van der Waals surface area contributed by atoms with E-state index in [1.165, 1.54) is 0 Å². The minimum absolute atomic E-state index is 0.399. The fourth-order valence-corrected chi connectivity index (χ4v) is 2.93. The lowest BCUT2D eigenvalue weighted by atomic mass is 10.3. The maximum atomic E-state index is 12.5. The Hall–Kier alpha value is -3.51. The summed E-state index contributed by atoms with van der Waals surface area (Å²) in [7, 11) is 0. The van der Waals surface area contributed by atoms with Gasteiger partial charge in [-0.3, -0.25) is 0 Å². The van der Waals surface area contributed by atoms with Gasteiger partial charge in [-0.05, 0) is 36.4 Å². The number of aromatic nitrogens is 3. The molecule has 2 heterocycles. The fourth-order valence-electron chi connectivity index (χ4n) is 2.75. The molecular weight excluding hydrogens is 362 g/mol. The monoisotopic (exact) mass is 377 g/mol. The summed E-state index contributed by atoms with van der Waals surface area (Å²) in [6.45, 7) is 0. The Morgan fingerprint density at radius 2 is 1.52 bits per heavy atom. The Labute approximate surface area is 161 Å². The van der Waals surface area contributed by atoms with Crippen molar-refractivity contribution in [2.75, 3.05) is 10.6 Å². The van der Waals surface area contributed by atoms with Crippen LogP contribution < -0.4 is 10.6 Å². The third-order valence-electron chi connectivity index (χ3n) is 3.96. The molecule has 2 aromatic heterocycles. The van der Waals surface area contributed by atoms with Gasteiger partial charge in [0.1, 0.15) is 5.69 Å². The molecule has 0 saturated carbocycles. The Morgan fingerprint density at radius 1 is 0.852 bits per heavy atom. The standard InChI is InChI=1S/C20H16ClN5O/c21-16-10-4-5-11-17(16)23-20(27)24-18-14-22-26(15-8-2-1-3-9-15)19(18)25-12-6-7-13-25/h1-14H,(H2,23,24,27). The highest BCUT2D eigenvalue weighted by Crippen LogP contribution is 2.25. The summed E-state index contributed by atoms with van der Waals surface area (Å²) in [5.74, 6) is 0.723. The second kappa shape index (κ2) is 7.39. The van der Waals surface area contributed by atoms with E-state index in [1.807, 2.05) is 59.4 Å². The average Bonchev–Trinajstić information content (AvgIpc) is 3.34. The smallest absolute Gasteiger partial charge is 0.307 e. The SMILES string of the molecule is O=C(Nc1ccccc1Cl)Nc1cnn(-c2ccccc2)c1-n1cccc1. The van der Waals surface area contributed by atoms with E-state index < -0.39 is 6.03 Å². The molecule has 4 aromatic rings. The van der Waals surface area contributed by atoms with Crippen LogP contribution in [-0.4, -0.2) is 20.4 Å². The quantitative estimate of drug-likeness (QED) is 0.528. The second-order valence-electron chi connectivity index (χ2n) is 5.78. The fraction of sp³-hybridized carbons (Fsp3) is 0. The number of carbonyl (C=O) groups is 1. The van der Waals surface area contributed by atoms with Gasteiger partial charge in [-0.1, -0.05) is 41.9 Å². The van der Waals surface area contributed by atoms with Crippen LogP contribution in [0.25, 0.3) is 11.5 Å². The van der Waals surface area contributed by atoms with E-state index in [9.17, 15) is 4.79 Å². The third kappa shape index (κ3) is 3.56. The molecule has 2 amide bonds. The molecular formula is C20H16ClN5O. The lowest BCUT2D eigenvalue weighted by Crippen LogP contribution is -2.20. The van der Waals surface area contributed by atoms with Gasteiger partial charge in [0, 0.05) is 12.4 Å². The van der Waals surface area contributed by atoms with Gasteiger partial charge in [-0.25, -0.2) is 9.48 Å². The normalized spacial score (nSPS) is 10.6. The van der Waals surface area contributed by atoms with Gasteiger partial charge < -0.3 is 15.2 Å². The van der Waals surface area contributed by atoms with Crippen LogP contribution in [0.4, 0.5) is 16.2 Å². The Morgan fingerprint density at radius 3 is 2.26 bits per heavy atom. The van der Waals surface area contributed by atoms with Crippen LogP contribution in [0.15, 0.2) is 85.3 Å². The molecule has 0 unspecified atom stereocenters. The number of hydrogen-bond acceptors (Lipinski definition) is 2.